The van der Waals surface area contributed by atoms with Crippen molar-refractivity contribution in [3.05, 3.63) is 35.1 Å². The van der Waals surface area contributed by atoms with E-state index in [4.69, 9.17) is 10.8 Å². The van der Waals surface area contributed by atoms with Crippen LogP contribution in [-0.4, -0.2) is 41.1 Å². The zero-order valence-electron chi connectivity index (χ0n) is 10.7. The van der Waals surface area contributed by atoms with Gasteiger partial charge in [-0.1, -0.05) is 6.07 Å². The van der Waals surface area contributed by atoms with Crippen LogP contribution >= 0.6 is 0 Å². The van der Waals surface area contributed by atoms with Crippen molar-refractivity contribution in [2.45, 2.75) is 12.7 Å². The molecule has 0 aliphatic heterocycles. The number of nitrogens with zero attached hydrogens (tertiary/aromatic N) is 1. The Morgan fingerprint density at radius 3 is 2.33 bits per heavy atom. The third-order valence-electron chi connectivity index (χ3n) is 2.49. The number of carbonyl (C=O) groups is 2. The Morgan fingerprint density at radius 2 is 1.90 bits per heavy atom. The highest BCUT2D eigenvalue weighted by molar-refractivity contribution is 5.92. The summed E-state index contributed by atoms with van der Waals surface area (Å²) in [5.41, 5.74) is 4.65. The number of amides is 1. The van der Waals surface area contributed by atoms with Crippen molar-refractivity contribution in [2.75, 3.05) is 13.1 Å². The van der Waals surface area contributed by atoms with Crippen LogP contribution in [0.15, 0.2) is 18.2 Å². The predicted octanol–water partition coefficient (Wildman–Crippen LogP) is 1.37. The highest BCUT2D eigenvalue weighted by Crippen LogP contribution is 2.19. The summed E-state index contributed by atoms with van der Waals surface area (Å²) in [7, 11) is 0. The molecule has 5 nitrogen and oxygen atoms in total. The van der Waals surface area contributed by atoms with Crippen molar-refractivity contribution in [3.63, 3.8) is 0 Å². The number of aliphatic carboxylic acids is 1. The van der Waals surface area contributed by atoms with E-state index in [0.717, 1.165) is 18.2 Å². The molecule has 0 aliphatic rings. The van der Waals surface area contributed by atoms with E-state index >= 15 is 0 Å². The standard InChI is InChI=1S/C12H12F4N2O3/c13-9-3-7(11(17)21)1-2-8(9)4-18(5-10(19)20)6-12(14,15)16/h1-3H,4-6H2,(H2,17,21)(H,19,20). The van der Waals surface area contributed by atoms with Crippen molar-refractivity contribution in [1.82, 2.24) is 4.90 Å². The van der Waals surface area contributed by atoms with E-state index in [1.54, 1.807) is 0 Å². The van der Waals surface area contributed by atoms with Crippen LogP contribution in [0.2, 0.25) is 0 Å². The fourth-order valence-corrected chi connectivity index (χ4v) is 1.68. The van der Waals surface area contributed by atoms with Gasteiger partial charge in [0.15, 0.2) is 0 Å². The number of nitrogens with two attached hydrogens (primary N) is 1. The van der Waals surface area contributed by atoms with Gasteiger partial charge in [0.1, 0.15) is 5.82 Å². The normalized spacial score (nSPS) is 11.7. The Hall–Kier alpha value is -2.16. The van der Waals surface area contributed by atoms with Crippen LogP contribution in [0.25, 0.3) is 0 Å². The molecule has 0 unspecified atom stereocenters. The first-order valence-electron chi connectivity index (χ1n) is 5.67. The monoisotopic (exact) mass is 308 g/mol. The summed E-state index contributed by atoms with van der Waals surface area (Å²) in [6.45, 7) is -2.94. The summed E-state index contributed by atoms with van der Waals surface area (Å²) in [5.74, 6) is -3.27. The van der Waals surface area contributed by atoms with Gasteiger partial charge >= 0.3 is 12.1 Å². The third-order valence-corrected chi connectivity index (χ3v) is 2.49. The van der Waals surface area contributed by atoms with Crippen LogP contribution in [0.1, 0.15) is 15.9 Å². The Labute approximate surface area is 117 Å². The molecule has 0 fully saturated rings. The Kier molecular flexibility index (Phi) is 5.25. The smallest absolute Gasteiger partial charge is 0.401 e. The molecule has 1 rings (SSSR count). The minimum absolute atomic E-state index is 0.128. The number of hydrogen-bond donors (Lipinski definition) is 2. The van der Waals surface area contributed by atoms with Crippen LogP contribution in [-0.2, 0) is 11.3 Å². The van der Waals surface area contributed by atoms with Gasteiger partial charge < -0.3 is 10.8 Å². The van der Waals surface area contributed by atoms with Gasteiger partial charge in [0.05, 0.1) is 13.1 Å². The van der Waals surface area contributed by atoms with Crippen molar-refractivity contribution >= 4 is 11.9 Å². The molecule has 21 heavy (non-hydrogen) atoms. The van der Waals surface area contributed by atoms with Crippen molar-refractivity contribution in [3.8, 4) is 0 Å². The van der Waals surface area contributed by atoms with Gasteiger partial charge in [0, 0.05) is 17.7 Å². The van der Waals surface area contributed by atoms with E-state index in [1.165, 1.54) is 0 Å². The van der Waals surface area contributed by atoms with Crippen molar-refractivity contribution in [2.24, 2.45) is 5.73 Å². The van der Waals surface area contributed by atoms with Gasteiger partial charge in [0.2, 0.25) is 5.91 Å². The van der Waals surface area contributed by atoms with E-state index in [-0.39, 0.29) is 11.1 Å². The van der Waals surface area contributed by atoms with Gasteiger partial charge in [-0.3, -0.25) is 14.5 Å². The SMILES string of the molecule is NC(=O)c1ccc(CN(CC(=O)O)CC(F)(F)F)c(F)c1. The predicted molar refractivity (Wildman–Crippen MR) is 63.9 cm³/mol. The molecule has 0 saturated carbocycles. The lowest BCUT2D eigenvalue weighted by Crippen LogP contribution is -2.37. The molecule has 0 bridgehead atoms. The number of carboxylic acids is 1. The van der Waals surface area contributed by atoms with Crippen molar-refractivity contribution in [1.29, 1.82) is 0 Å². The summed E-state index contributed by atoms with van der Waals surface area (Å²) in [5, 5.41) is 8.58. The number of rotatable bonds is 6. The molecule has 0 radical (unpaired) electrons. The molecular formula is C12H12F4N2O3. The number of benzene rings is 1. The van der Waals surface area contributed by atoms with E-state index in [0.29, 0.717) is 4.90 Å². The highest BCUT2D eigenvalue weighted by Gasteiger charge is 2.31. The summed E-state index contributed by atoms with van der Waals surface area (Å²) in [6, 6.07) is 3.05. The highest BCUT2D eigenvalue weighted by atomic mass is 19.4. The Morgan fingerprint density at radius 1 is 1.29 bits per heavy atom. The number of primary amides is 1. The lowest BCUT2D eigenvalue weighted by molar-refractivity contribution is -0.155. The van der Waals surface area contributed by atoms with E-state index in [1.807, 2.05) is 0 Å². The summed E-state index contributed by atoms with van der Waals surface area (Å²) in [6.07, 6.45) is -4.61. The lowest BCUT2D eigenvalue weighted by atomic mass is 10.1. The zero-order valence-corrected chi connectivity index (χ0v) is 10.7. The van der Waals surface area contributed by atoms with Crippen LogP contribution in [0.5, 0.6) is 0 Å². The summed E-state index contributed by atoms with van der Waals surface area (Å²) >= 11 is 0. The molecule has 1 amide bonds. The van der Waals surface area contributed by atoms with Gasteiger partial charge in [-0.05, 0) is 12.1 Å². The molecule has 0 saturated heterocycles. The number of carbonyl (C=O) groups excluding carboxylic acids is 1. The second-order valence-corrected chi connectivity index (χ2v) is 4.32. The molecule has 1 aromatic carbocycles. The first-order valence-corrected chi connectivity index (χ1v) is 5.67. The molecule has 0 aromatic heterocycles. The molecule has 1 aromatic rings. The molecule has 3 N–H and O–H groups in total. The molecule has 0 atom stereocenters. The van der Waals surface area contributed by atoms with E-state index in [9.17, 15) is 27.2 Å². The molecule has 9 heteroatoms. The molecular weight excluding hydrogens is 296 g/mol. The maximum absolute atomic E-state index is 13.7. The lowest BCUT2D eigenvalue weighted by Gasteiger charge is -2.22. The van der Waals surface area contributed by atoms with Crippen molar-refractivity contribution < 1.29 is 32.3 Å². The maximum atomic E-state index is 13.7. The largest absolute Gasteiger partial charge is 0.480 e. The second-order valence-electron chi connectivity index (χ2n) is 4.32. The fraction of sp³-hybridized carbons (Fsp3) is 0.333. The average Bonchev–Trinajstić information content (AvgIpc) is 2.28. The first-order chi connectivity index (χ1) is 9.58. The van der Waals surface area contributed by atoms with E-state index < -0.39 is 43.5 Å². The van der Waals surface area contributed by atoms with Gasteiger partial charge in [-0.2, -0.15) is 13.2 Å². The van der Waals surface area contributed by atoms with Crippen LogP contribution in [0.3, 0.4) is 0 Å². The number of hydrogen-bond acceptors (Lipinski definition) is 3. The summed E-state index contributed by atoms with van der Waals surface area (Å²) in [4.78, 5) is 21.9. The minimum atomic E-state index is -4.61. The van der Waals surface area contributed by atoms with E-state index in [2.05, 4.69) is 0 Å². The Balaban J connectivity index is 2.92. The number of alkyl halides is 3. The van der Waals surface area contributed by atoms with Crippen LogP contribution in [0.4, 0.5) is 17.6 Å². The van der Waals surface area contributed by atoms with Crippen LogP contribution < -0.4 is 5.73 Å². The molecule has 0 aliphatic carbocycles. The fourth-order valence-electron chi connectivity index (χ4n) is 1.68. The maximum Gasteiger partial charge on any atom is 0.401 e. The third kappa shape index (κ3) is 5.78. The first kappa shape index (κ1) is 16.9. The average molecular weight is 308 g/mol. The van der Waals surface area contributed by atoms with Crippen LogP contribution in [0, 0.1) is 5.82 Å². The summed E-state index contributed by atoms with van der Waals surface area (Å²) < 4.78 is 50.7. The Bertz CT molecular complexity index is 546. The molecule has 0 heterocycles. The van der Waals surface area contributed by atoms with Gasteiger partial charge in [-0.25, -0.2) is 4.39 Å². The quantitative estimate of drug-likeness (QED) is 0.778. The number of carboxylic acid groups (broad SMARTS) is 1. The minimum Gasteiger partial charge on any atom is -0.480 e. The number of halogens is 4. The molecule has 0 spiro atoms. The second kappa shape index (κ2) is 6.53. The zero-order chi connectivity index (χ0) is 16.2. The van der Waals surface area contributed by atoms with Gasteiger partial charge in [0.25, 0.3) is 0 Å². The topological polar surface area (TPSA) is 83.6 Å². The van der Waals surface area contributed by atoms with Gasteiger partial charge in [-0.15, -0.1) is 0 Å². The molecule has 116 valence electrons.